The maximum atomic E-state index is 12.4. The highest BCUT2D eigenvalue weighted by Crippen LogP contribution is 2.24. The van der Waals surface area contributed by atoms with Crippen LogP contribution in [0.3, 0.4) is 0 Å². The maximum Gasteiger partial charge on any atom is 0.269 e. The van der Waals surface area contributed by atoms with Gasteiger partial charge in [0.2, 0.25) is 5.91 Å². The van der Waals surface area contributed by atoms with Crippen molar-refractivity contribution in [2.24, 2.45) is 0 Å². The third-order valence-electron chi connectivity index (χ3n) is 3.22. The molecule has 0 saturated carbocycles. The number of amides is 1. The van der Waals surface area contributed by atoms with Crippen LogP contribution in [-0.2, 0) is 4.79 Å². The Morgan fingerprint density at radius 1 is 1.25 bits per heavy atom. The number of nitrogens with one attached hydrogen (secondary N) is 1. The van der Waals surface area contributed by atoms with Crippen LogP contribution >= 0.6 is 11.8 Å². The van der Waals surface area contributed by atoms with E-state index in [2.05, 4.69) is 15.3 Å². The van der Waals surface area contributed by atoms with Crippen LogP contribution in [0, 0.1) is 24.0 Å². The molecule has 1 heterocycles. The van der Waals surface area contributed by atoms with Crippen molar-refractivity contribution in [3.8, 4) is 0 Å². The third-order valence-corrected chi connectivity index (χ3v) is 4.44. The zero-order valence-corrected chi connectivity index (χ0v) is 14.5. The normalized spacial score (nSPS) is 11.8. The van der Waals surface area contributed by atoms with Crippen molar-refractivity contribution in [1.29, 1.82) is 0 Å². The van der Waals surface area contributed by atoms with Crippen molar-refractivity contribution < 1.29 is 9.72 Å². The number of carbonyl (C=O) groups is 1. The lowest BCUT2D eigenvalue weighted by atomic mass is 10.2. The summed E-state index contributed by atoms with van der Waals surface area (Å²) in [4.78, 5) is 31.3. The molecule has 0 spiro atoms. The molecule has 1 aromatic carbocycles. The van der Waals surface area contributed by atoms with E-state index in [-0.39, 0.29) is 16.8 Å². The Balaban J connectivity index is 2.06. The number of carbonyl (C=O) groups excluding carboxylic acids is 1. The van der Waals surface area contributed by atoms with E-state index < -0.39 is 4.92 Å². The minimum absolute atomic E-state index is 0.0157. The summed E-state index contributed by atoms with van der Waals surface area (Å²) in [5, 5.41) is 13.6. The molecule has 1 atom stereocenters. The molecule has 7 nitrogen and oxygen atoms in total. The predicted octanol–water partition coefficient (Wildman–Crippen LogP) is 3.51. The van der Waals surface area contributed by atoms with E-state index in [1.165, 1.54) is 36.0 Å². The van der Waals surface area contributed by atoms with E-state index in [9.17, 15) is 14.9 Å². The van der Waals surface area contributed by atoms with Crippen LogP contribution < -0.4 is 5.32 Å². The number of non-ortho nitro benzene ring substituents is 1. The maximum absolute atomic E-state index is 12.4. The van der Waals surface area contributed by atoms with E-state index in [0.717, 1.165) is 11.4 Å². The first kappa shape index (κ1) is 17.9. The van der Waals surface area contributed by atoms with Crippen LogP contribution in [0.2, 0.25) is 0 Å². The van der Waals surface area contributed by atoms with Gasteiger partial charge in [0.1, 0.15) is 0 Å². The number of hydrogen-bond acceptors (Lipinski definition) is 6. The molecule has 0 aliphatic heterocycles. The second kappa shape index (κ2) is 7.87. The molecule has 1 aromatic heterocycles. The summed E-state index contributed by atoms with van der Waals surface area (Å²) in [7, 11) is 0. The van der Waals surface area contributed by atoms with Crippen molar-refractivity contribution in [1.82, 2.24) is 9.97 Å². The second-order valence-electron chi connectivity index (χ2n) is 5.24. The highest BCUT2D eigenvalue weighted by molar-refractivity contribution is 8.00. The van der Waals surface area contributed by atoms with Gasteiger partial charge in [0.05, 0.1) is 10.2 Å². The third kappa shape index (κ3) is 4.76. The molecule has 0 bridgehead atoms. The molecule has 0 aliphatic carbocycles. The van der Waals surface area contributed by atoms with Crippen LogP contribution in [0.1, 0.15) is 24.7 Å². The summed E-state index contributed by atoms with van der Waals surface area (Å²) in [6.45, 7) is 5.68. The van der Waals surface area contributed by atoms with E-state index in [0.29, 0.717) is 17.3 Å². The number of rotatable bonds is 6. The molecule has 8 heteroatoms. The number of thioether (sulfide) groups is 1. The van der Waals surface area contributed by atoms with E-state index in [1.807, 2.05) is 26.8 Å². The molecule has 2 rings (SSSR count). The van der Waals surface area contributed by atoms with Crippen LogP contribution in [0.15, 0.2) is 35.5 Å². The fourth-order valence-corrected chi connectivity index (χ4v) is 3.07. The fourth-order valence-electron chi connectivity index (χ4n) is 2.09. The summed E-state index contributed by atoms with van der Waals surface area (Å²) in [6.07, 6.45) is 0.611. The zero-order chi connectivity index (χ0) is 17.7. The van der Waals surface area contributed by atoms with Crippen LogP contribution in [0.4, 0.5) is 11.4 Å². The first-order valence-corrected chi connectivity index (χ1v) is 8.31. The van der Waals surface area contributed by atoms with Gasteiger partial charge < -0.3 is 5.32 Å². The first-order chi connectivity index (χ1) is 11.4. The highest BCUT2D eigenvalue weighted by Gasteiger charge is 2.20. The molecule has 0 aliphatic rings. The molecule has 0 unspecified atom stereocenters. The first-order valence-electron chi connectivity index (χ1n) is 7.43. The molecule has 126 valence electrons. The summed E-state index contributed by atoms with van der Waals surface area (Å²) < 4.78 is 0. The second-order valence-corrected chi connectivity index (χ2v) is 6.41. The van der Waals surface area contributed by atoms with Gasteiger partial charge in [-0.1, -0.05) is 18.7 Å². The summed E-state index contributed by atoms with van der Waals surface area (Å²) in [5.74, 6) is -0.181. The minimum Gasteiger partial charge on any atom is -0.325 e. The van der Waals surface area contributed by atoms with Gasteiger partial charge in [-0.2, -0.15) is 0 Å². The van der Waals surface area contributed by atoms with Crippen molar-refractivity contribution >= 4 is 29.0 Å². The van der Waals surface area contributed by atoms with Gasteiger partial charge in [0, 0.05) is 29.2 Å². The number of benzene rings is 1. The van der Waals surface area contributed by atoms with Crippen molar-refractivity contribution in [2.75, 3.05) is 5.32 Å². The van der Waals surface area contributed by atoms with Gasteiger partial charge in [-0.05, 0) is 38.5 Å². The van der Waals surface area contributed by atoms with Crippen molar-refractivity contribution in [2.45, 2.75) is 37.6 Å². The quantitative estimate of drug-likeness (QED) is 0.372. The average molecular weight is 346 g/mol. The van der Waals surface area contributed by atoms with E-state index in [4.69, 9.17) is 0 Å². The summed E-state index contributed by atoms with van der Waals surface area (Å²) in [5.41, 5.74) is 2.22. The number of nitrogens with zero attached hydrogens (tertiary/aromatic N) is 3. The van der Waals surface area contributed by atoms with Gasteiger partial charge in [-0.3, -0.25) is 14.9 Å². The molecule has 2 aromatic rings. The van der Waals surface area contributed by atoms with Gasteiger partial charge in [0.25, 0.3) is 5.69 Å². The van der Waals surface area contributed by atoms with Gasteiger partial charge in [0.15, 0.2) is 5.16 Å². The summed E-state index contributed by atoms with van der Waals surface area (Å²) >= 11 is 1.31. The lowest BCUT2D eigenvalue weighted by Crippen LogP contribution is -2.24. The van der Waals surface area contributed by atoms with E-state index >= 15 is 0 Å². The smallest absolute Gasteiger partial charge is 0.269 e. The largest absolute Gasteiger partial charge is 0.325 e. The molecule has 1 N–H and O–H groups in total. The molecule has 24 heavy (non-hydrogen) atoms. The fraction of sp³-hybridized carbons (Fsp3) is 0.312. The topological polar surface area (TPSA) is 98.0 Å². The average Bonchev–Trinajstić information content (AvgIpc) is 2.52. The lowest BCUT2D eigenvalue weighted by molar-refractivity contribution is -0.384. The Labute approximate surface area is 144 Å². The van der Waals surface area contributed by atoms with Crippen LogP contribution in [0.25, 0.3) is 0 Å². The Kier molecular flexibility index (Phi) is 5.86. The number of hydrogen-bond donors (Lipinski definition) is 1. The predicted molar refractivity (Wildman–Crippen MR) is 93.2 cm³/mol. The number of anilines is 1. The molecule has 0 fully saturated rings. The Morgan fingerprint density at radius 3 is 2.33 bits per heavy atom. The number of aromatic nitrogens is 2. The molecular formula is C16H18N4O3S. The molecular weight excluding hydrogens is 328 g/mol. The Bertz CT molecular complexity index is 729. The zero-order valence-electron chi connectivity index (χ0n) is 13.6. The van der Waals surface area contributed by atoms with Crippen LogP contribution in [-0.4, -0.2) is 26.0 Å². The Hall–Kier alpha value is -2.48. The molecule has 1 amide bonds. The van der Waals surface area contributed by atoms with Crippen molar-refractivity contribution in [3.63, 3.8) is 0 Å². The minimum atomic E-state index is -0.478. The molecule has 0 saturated heterocycles. The number of aryl methyl sites for hydroxylation is 2. The van der Waals surface area contributed by atoms with Gasteiger partial charge >= 0.3 is 0 Å². The standard InChI is InChI=1S/C16H18N4O3S/c1-4-14(24-16-17-10(2)9-11(3)18-16)15(21)19-12-5-7-13(8-6-12)20(22)23/h5-9,14H,4H2,1-3H3,(H,19,21)/t14-/m0/s1. The Morgan fingerprint density at radius 2 is 1.83 bits per heavy atom. The number of nitro groups is 1. The highest BCUT2D eigenvalue weighted by atomic mass is 32.2. The number of nitro benzene ring substituents is 1. The molecule has 0 radical (unpaired) electrons. The van der Waals surface area contributed by atoms with Gasteiger partial charge in [-0.15, -0.1) is 0 Å². The van der Waals surface area contributed by atoms with E-state index in [1.54, 1.807) is 0 Å². The van der Waals surface area contributed by atoms with Crippen LogP contribution in [0.5, 0.6) is 0 Å². The lowest BCUT2D eigenvalue weighted by Gasteiger charge is -2.14. The summed E-state index contributed by atoms with van der Waals surface area (Å²) in [6, 6.07) is 7.62. The SMILES string of the molecule is CC[C@H](Sc1nc(C)cc(C)n1)C(=O)Nc1ccc([N+](=O)[O-])cc1. The monoisotopic (exact) mass is 346 g/mol. The van der Waals surface area contributed by atoms with Gasteiger partial charge in [-0.25, -0.2) is 9.97 Å². The van der Waals surface area contributed by atoms with Crippen molar-refractivity contribution in [3.05, 3.63) is 51.8 Å².